The van der Waals surface area contributed by atoms with Crippen LogP contribution in [0.25, 0.3) is 0 Å². The van der Waals surface area contributed by atoms with E-state index in [9.17, 15) is 4.39 Å². The van der Waals surface area contributed by atoms with Crippen molar-refractivity contribution in [1.82, 2.24) is 0 Å². The highest BCUT2D eigenvalue weighted by Gasteiger charge is 2.29. The molecule has 1 fully saturated rings. The number of halogens is 1. The molecule has 3 heteroatoms. The van der Waals surface area contributed by atoms with Crippen molar-refractivity contribution in [3.05, 3.63) is 35.1 Å². The third kappa shape index (κ3) is 3.27. The molecule has 2 nitrogen and oxygen atoms in total. The maximum Gasteiger partial charge on any atom is 0.123 e. The fourth-order valence-corrected chi connectivity index (χ4v) is 2.38. The topological polar surface area (TPSA) is 35.2 Å². The second-order valence-corrected chi connectivity index (χ2v) is 5.13. The van der Waals surface area contributed by atoms with E-state index in [-0.39, 0.29) is 11.4 Å². The van der Waals surface area contributed by atoms with E-state index >= 15 is 0 Å². The molecule has 1 saturated carbocycles. The Morgan fingerprint density at radius 3 is 2.76 bits per heavy atom. The summed E-state index contributed by atoms with van der Waals surface area (Å²) in [5.74, 6) is -0.211. The van der Waals surface area contributed by atoms with Crippen LogP contribution >= 0.6 is 0 Å². The quantitative estimate of drug-likeness (QED) is 0.873. The molecule has 2 rings (SSSR count). The lowest BCUT2D eigenvalue weighted by atomic mass is 10.0. The van der Waals surface area contributed by atoms with Crippen LogP contribution in [0.5, 0.6) is 0 Å². The molecule has 0 atom stereocenters. The standard InChI is InChI=1S/C14H20FNO/c1-11-4-5-13(15)8-12(11)9-17-10-14(16)6-2-3-7-14/h4-5,8H,2-3,6-7,9-10,16H2,1H3. The largest absolute Gasteiger partial charge is 0.375 e. The van der Waals surface area contributed by atoms with E-state index in [1.54, 1.807) is 6.07 Å². The summed E-state index contributed by atoms with van der Waals surface area (Å²) in [6.07, 6.45) is 4.46. The van der Waals surface area contributed by atoms with Crippen LogP contribution in [0.4, 0.5) is 4.39 Å². The second kappa shape index (κ2) is 5.15. The van der Waals surface area contributed by atoms with Gasteiger partial charge < -0.3 is 10.5 Å². The van der Waals surface area contributed by atoms with Gasteiger partial charge in [-0.2, -0.15) is 0 Å². The predicted molar refractivity (Wildman–Crippen MR) is 66.2 cm³/mol. The zero-order valence-electron chi connectivity index (χ0n) is 10.3. The number of hydrogen-bond donors (Lipinski definition) is 1. The van der Waals surface area contributed by atoms with Crippen LogP contribution < -0.4 is 5.73 Å². The lowest BCUT2D eigenvalue weighted by Crippen LogP contribution is -2.41. The smallest absolute Gasteiger partial charge is 0.123 e. The monoisotopic (exact) mass is 237 g/mol. The van der Waals surface area contributed by atoms with Crippen molar-refractivity contribution in [3.8, 4) is 0 Å². The maximum atomic E-state index is 13.1. The molecule has 2 N–H and O–H groups in total. The Hall–Kier alpha value is -0.930. The van der Waals surface area contributed by atoms with E-state index in [4.69, 9.17) is 10.5 Å². The van der Waals surface area contributed by atoms with Crippen LogP contribution in [-0.2, 0) is 11.3 Å². The fourth-order valence-electron chi connectivity index (χ4n) is 2.38. The van der Waals surface area contributed by atoms with Gasteiger partial charge in [0.1, 0.15) is 5.82 Å². The number of ether oxygens (including phenoxy) is 1. The second-order valence-electron chi connectivity index (χ2n) is 5.13. The summed E-state index contributed by atoms with van der Waals surface area (Å²) < 4.78 is 18.7. The third-order valence-corrected chi connectivity index (χ3v) is 3.56. The van der Waals surface area contributed by atoms with E-state index in [0.717, 1.165) is 24.0 Å². The van der Waals surface area contributed by atoms with Crippen LogP contribution in [0.3, 0.4) is 0 Å². The average Bonchev–Trinajstić information content (AvgIpc) is 2.71. The van der Waals surface area contributed by atoms with E-state index < -0.39 is 0 Å². The summed E-state index contributed by atoms with van der Waals surface area (Å²) in [6.45, 7) is 2.98. The normalized spacial score (nSPS) is 18.5. The summed E-state index contributed by atoms with van der Waals surface area (Å²) in [7, 11) is 0. The van der Waals surface area contributed by atoms with Crippen molar-refractivity contribution in [2.45, 2.75) is 44.8 Å². The lowest BCUT2D eigenvalue weighted by Gasteiger charge is -2.23. The summed E-state index contributed by atoms with van der Waals surface area (Å²) in [6, 6.07) is 4.79. The molecule has 0 aliphatic heterocycles. The number of benzene rings is 1. The summed E-state index contributed by atoms with van der Waals surface area (Å²) in [4.78, 5) is 0. The molecule has 1 aliphatic rings. The summed E-state index contributed by atoms with van der Waals surface area (Å²) in [5.41, 5.74) is 8.01. The van der Waals surface area contributed by atoms with Crippen LogP contribution in [0.2, 0.25) is 0 Å². The van der Waals surface area contributed by atoms with Crippen molar-refractivity contribution in [2.75, 3.05) is 6.61 Å². The summed E-state index contributed by atoms with van der Waals surface area (Å²) >= 11 is 0. The van der Waals surface area contributed by atoms with Crippen molar-refractivity contribution in [2.24, 2.45) is 5.73 Å². The maximum absolute atomic E-state index is 13.1. The van der Waals surface area contributed by atoms with Gasteiger partial charge in [-0.25, -0.2) is 4.39 Å². The SMILES string of the molecule is Cc1ccc(F)cc1COCC1(N)CCCC1. The molecule has 1 aromatic carbocycles. The highest BCUT2D eigenvalue weighted by Crippen LogP contribution is 2.27. The molecule has 0 spiro atoms. The molecule has 0 aromatic heterocycles. The summed E-state index contributed by atoms with van der Waals surface area (Å²) in [5, 5.41) is 0. The van der Waals surface area contributed by atoms with Gasteiger partial charge >= 0.3 is 0 Å². The van der Waals surface area contributed by atoms with Gasteiger partial charge in [-0.1, -0.05) is 18.9 Å². The Balaban J connectivity index is 1.87. The first kappa shape index (κ1) is 12.5. The van der Waals surface area contributed by atoms with Gasteiger partial charge in [-0.15, -0.1) is 0 Å². The van der Waals surface area contributed by atoms with E-state index in [0.29, 0.717) is 13.2 Å². The fraction of sp³-hybridized carbons (Fsp3) is 0.571. The van der Waals surface area contributed by atoms with Gasteiger partial charge in [0.15, 0.2) is 0 Å². The van der Waals surface area contributed by atoms with Gasteiger partial charge in [0, 0.05) is 5.54 Å². The van der Waals surface area contributed by atoms with Gasteiger partial charge in [-0.3, -0.25) is 0 Å². The van der Waals surface area contributed by atoms with Gasteiger partial charge in [-0.05, 0) is 43.0 Å². The molecular formula is C14H20FNO. The zero-order valence-corrected chi connectivity index (χ0v) is 10.3. The van der Waals surface area contributed by atoms with Crippen LogP contribution in [0.15, 0.2) is 18.2 Å². The molecular weight excluding hydrogens is 217 g/mol. The molecule has 0 saturated heterocycles. The minimum atomic E-state index is -0.211. The minimum Gasteiger partial charge on any atom is -0.375 e. The van der Waals surface area contributed by atoms with E-state index in [1.807, 2.05) is 6.92 Å². The highest BCUT2D eigenvalue weighted by molar-refractivity contribution is 5.25. The minimum absolute atomic E-state index is 0.152. The van der Waals surface area contributed by atoms with E-state index in [2.05, 4.69) is 0 Å². The zero-order chi connectivity index (χ0) is 12.3. The Labute approximate surface area is 102 Å². The number of hydrogen-bond acceptors (Lipinski definition) is 2. The highest BCUT2D eigenvalue weighted by atomic mass is 19.1. The predicted octanol–water partition coefficient (Wildman–Crippen LogP) is 2.92. The Morgan fingerprint density at radius 2 is 2.06 bits per heavy atom. The van der Waals surface area contributed by atoms with Crippen molar-refractivity contribution in [3.63, 3.8) is 0 Å². The third-order valence-electron chi connectivity index (χ3n) is 3.56. The van der Waals surface area contributed by atoms with Crippen LogP contribution in [0.1, 0.15) is 36.8 Å². The average molecular weight is 237 g/mol. The van der Waals surface area contributed by atoms with E-state index in [1.165, 1.54) is 25.0 Å². The molecule has 0 unspecified atom stereocenters. The molecule has 1 aliphatic carbocycles. The molecule has 94 valence electrons. The van der Waals surface area contributed by atoms with Gasteiger partial charge in [0.25, 0.3) is 0 Å². The molecule has 0 amide bonds. The van der Waals surface area contributed by atoms with Crippen LogP contribution in [0, 0.1) is 12.7 Å². The van der Waals surface area contributed by atoms with Gasteiger partial charge in [0.2, 0.25) is 0 Å². The van der Waals surface area contributed by atoms with Crippen molar-refractivity contribution in [1.29, 1.82) is 0 Å². The lowest BCUT2D eigenvalue weighted by molar-refractivity contribution is 0.0747. The number of aryl methyl sites for hydroxylation is 1. The molecule has 0 bridgehead atoms. The Bertz CT molecular complexity index is 386. The Morgan fingerprint density at radius 1 is 1.35 bits per heavy atom. The first-order chi connectivity index (χ1) is 8.09. The van der Waals surface area contributed by atoms with Crippen molar-refractivity contribution >= 4 is 0 Å². The van der Waals surface area contributed by atoms with Crippen LogP contribution in [-0.4, -0.2) is 12.1 Å². The number of nitrogens with two attached hydrogens (primary N) is 1. The van der Waals surface area contributed by atoms with Gasteiger partial charge in [0.05, 0.1) is 13.2 Å². The first-order valence-corrected chi connectivity index (χ1v) is 6.21. The van der Waals surface area contributed by atoms with Crippen molar-refractivity contribution < 1.29 is 9.13 Å². The molecule has 0 heterocycles. The first-order valence-electron chi connectivity index (χ1n) is 6.21. The number of rotatable bonds is 4. The molecule has 0 radical (unpaired) electrons. The molecule has 17 heavy (non-hydrogen) atoms. The molecule has 1 aromatic rings. The Kier molecular flexibility index (Phi) is 3.79.